The van der Waals surface area contributed by atoms with E-state index in [4.69, 9.17) is 8.92 Å². The second-order valence-corrected chi connectivity index (χ2v) is 4.46. The molecule has 0 N–H and O–H groups in total. The second kappa shape index (κ2) is 4.82. The first kappa shape index (κ1) is 10.0. The maximum Gasteiger partial charge on any atom is 0.0690 e. The Balaban J connectivity index is 1.71. The Morgan fingerprint density at radius 3 is 2.64 bits per heavy atom. The van der Waals surface area contributed by atoms with Crippen LogP contribution >= 0.6 is 12.0 Å². The molecule has 0 bridgehead atoms. The van der Waals surface area contributed by atoms with Crippen molar-refractivity contribution in [2.24, 2.45) is 5.92 Å². The molecule has 76 valence electrons. The maximum absolute atomic E-state index is 5.50. The van der Waals surface area contributed by atoms with Crippen molar-refractivity contribution in [2.45, 2.75) is 11.8 Å². The molecule has 0 saturated carbocycles. The zero-order valence-corrected chi connectivity index (χ0v) is 9.05. The van der Waals surface area contributed by atoms with E-state index in [0.717, 1.165) is 24.7 Å². The first-order valence-electron chi connectivity index (χ1n) is 4.78. The molecule has 1 aliphatic heterocycles. The van der Waals surface area contributed by atoms with Gasteiger partial charge in [0.2, 0.25) is 0 Å². The second-order valence-electron chi connectivity index (χ2n) is 3.58. The average molecular weight is 210 g/mol. The molecule has 1 saturated heterocycles. The van der Waals surface area contributed by atoms with Crippen LogP contribution in [0.1, 0.15) is 5.56 Å². The highest BCUT2D eigenvalue weighted by Gasteiger charge is 2.18. The van der Waals surface area contributed by atoms with E-state index in [1.165, 1.54) is 17.6 Å². The highest BCUT2D eigenvalue weighted by Crippen LogP contribution is 2.21. The van der Waals surface area contributed by atoms with Crippen LogP contribution < -0.4 is 0 Å². The van der Waals surface area contributed by atoms with Crippen molar-refractivity contribution in [1.82, 2.24) is 0 Å². The molecule has 1 heterocycles. The molecular weight excluding hydrogens is 196 g/mol. The summed E-state index contributed by atoms with van der Waals surface area (Å²) in [5, 5.41) is 0. The molecular formula is C11H14O2S. The van der Waals surface area contributed by atoms with Gasteiger partial charge in [0.25, 0.3) is 0 Å². The van der Waals surface area contributed by atoms with Gasteiger partial charge in [-0.05, 0) is 19.1 Å². The van der Waals surface area contributed by atoms with Crippen LogP contribution in [0.2, 0.25) is 0 Å². The van der Waals surface area contributed by atoms with E-state index in [0.29, 0.717) is 5.92 Å². The molecule has 3 heteroatoms. The van der Waals surface area contributed by atoms with Gasteiger partial charge in [-0.3, -0.25) is 0 Å². The molecule has 2 nitrogen and oxygen atoms in total. The summed E-state index contributed by atoms with van der Waals surface area (Å²) in [6.45, 7) is 4.59. The predicted molar refractivity (Wildman–Crippen MR) is 57.3 cm³/mol. The van der Waals surface area contributed by atoms with E-state index in [1.807, 2.05) is 0 Å². The molecule has 0 aromatic heterocycles. The van der Waals surface area contributed by atoms with Crippen molar-refractivity contribution in [3.05, 3.63) is 29.8 Å². The molecule has 1 aromatic carbocycles. The van der Waals surface area contributed by atoms with Crippen molar-refractivity contribution >= 4 is 12.0 Å². The van der Waals surface area contributed by atoms with E-state index in [9.17, 15) is 0 Å². The summed E-state index contributed by atoms with van der Waals surface area (Å²) in [4.78, 5) is 1.16. The number of hydrogen-bond donors (Lipinski definition) is 0. The van der Waals surface area contributed by atoms with E-state index in [-0.39, 0.29) is 0 Å². The number of hydrogen-bond acceptors (Lipinski definition) is 3. The molecule has 0 atom stereocenters. The van der Waals surface area contributed by atoms with Gasteiger partial charge in [0.1, 0.15) is 0 Å². The predicted octanol–water partition coefficient (Wildman–Crippen LogP) is 2.67. The van der Waals surface area contributed by atoms with Gasteiger partial charge >= 0.3 is 0 Å². The molecule has 14 heavy (non-hydrogen) atoms. The van der Waals surface area contributed by atoms with Gasteiger partial charge in [0.15, 0.2) is 0 Å². The lowest BCUT2D eigenvalue weighted by molar-refractivity contribution is -0.0481. The summed E-state index contributed by atoms with van der Waals surface area (Å²) in [6.07, 6.45) is 0. The van der Waals surface area contributed by atoms with Crippen LogP contribution in [-0.4, -0.2) is 19.8 Å². The molecule has 0 aliphatic carbocycles. The summed E-state index contributed by atoms with van der Waals surface area (Å²) in [6, 6.07) is 8.35. The van der Waals surface area contributed by atoms with Crippen LogP contribution in [0.3, 0.4) is 0 Å². The van der Waals surface area contributed by atoms with Gasteiger partial charge in [0.05, 0.1) is 19.8 Å². The van der Waals surface area contributed by atoms with Crippen LogP contribution in [-0.2, 0) is 8.92 Å². The van der Waals surface area contributed by atoms with E-state index >= 15 is 0 Å². The zero-order chi connectivity index (χ0) is 9.80. The number of benzene rings is 1. The monoisotopic (exact) mass is 210 g/mol. The fourth-order valence-corrected chi connectivity index (χ4v) is 1.82. The SMILES string of the molecule is Cc1ccc(SOCC2COC2)cc1. The zero-order valence-electron chi connectivity index (χ0n) is 8.23. The summed E-state index contributed by atoms with van der Waals surface area (Å²) in [7, 11) is 0. The van der Waals surface area contributed by atoms with Crippen molar-refractivity contribution in [3.63, 3.8) is 0 Å². The van der Waals surface area contributed by atoms with Gasteiger partial charge in [-0.1, -0.05) is 17.7 Å². The van der Waals surface area contributed by atoms with Crippen molar-refractivity contribution in [2.75, 3.05) is 19.8 Å². The molecule has 0 amide bonds. The van der Waals surface area contributed by atoms with Gasteiger partial charge in [-0.25, -0.2) is 0 Å². The van der Waals surface area contributed by atoms with Gasteiger partial charge in [0, 0.05) is 22.9 Å². The lowest BCUT2D eigenvalue weighted by atomic mass is 10.1. The quantitative estimate of drug-likeness (QED) is 0.712. The third-order valence-electron chi connectivity index (χ3n) is 2.19. The highest BCUT2D eigenvalue weighted by molar-refractivity contribution is 7.94. The summed E-state index contributed by atoms with van der Waals surface area (Å²) in [5.41, 5.74) is 1.28. The Kier molecular flexibility index (Phi) is 3.45. The number of aryl methyl sites for hydroxylation is 1. The first-order chi connectivity index (χ1) is 6.84. The number of rotatable bonds is 4. The molecule has 1 fully saturated rings. The van der Waals surface area contributed by atoms with Crippen LogP contribution in [0.5, 0.6) is 0 Å². The fourth-order valence-electron chi connectivity index (χ4n) is 1.17. The Morgan fingerprint density at radius 1 is 1.36 bits per heavy atom. The van der Waals surface area contributed by atoms with Crippen molar-refractivity contribution in [1.29, 1.82) is 0 Å². The normalized spacial score (nSPS) is 16.6. The van der Waals surface area contributed by atoms with E-state index in [1.54, 1.807) is 0 Å². The Bertz CT molecular complexity index is 280. The fraction of sp³-hybridized carbons (Fsp3) is 0.455. The third kappa shape index (κ3) is 2.74. The maximum atomic E-state index is 5.50. The van der Waals surface area contributed by atoms with Crippen LogP contribution in [0.25, 0.3) is 0 Å². The summed E-state index contributed by atoms with van der Waals surface area (Å²) < 4.78 is 10.6. The standard InChI is InChI=1S/C11H14O2S/c1-9-2-4-11(5-3-9)14-13-8-10-6-12-7-10/h2-5,10H,6-8H2,1H3. The van der Waals surface area contributed by atoms with Gasteiger partial charge in [-0.2, -0.15) is 0 Å². The number of ether oxygens (including phenoxy) is 1. The van der Waals surface area contributed by atoms with Crippen LogP contribution in [0, 0.1) is 12.8 Å². The summed E-state index contributed by atoms with van der Waals surface area (Å²) in [5.74, 6) is 0.605. The smallest absolute Gasteiger partial charge is 0.0690 e. The van der Waals surface area contributed by atoms with Crippen LogP contribution in [0.4, 0.5) is 0 Å². The van der Waals surface area contributed by atoms with Crippen molar-refractivity contribution < 1.29 is 8.92 Å². The minimum Gasteiger partial charge on any atom is -0.381 e. The summed E-state index contributed by atoms with van der Waals surface area (Å²) >= 11 is 1.45. The molecule has 1 aliphatic rings. The molecule has 0 radical (unpaired) electrons. The topological polar surface area (TPSA) is 18.5 Å². The minimum absolute atomic E-state index is 0.605. The van der Waals surface area contributed by atoms with Gasteiger partial charge in [-0.15, -0.1) is 0 Å². The Labute approximate surface area is 88.8 Å². The third-order valence-corrected chi connectivity index (χ3v) is 2.91. The highest BCUT2D eigenvalue weighted by atomic mass is 32.2. The molecule has 2 rings (SSSR count). The van der Waals surface area contributed by atoms with E-state index in [2.05, 4.69) is 31.2 Å². The average Bonchev–Trinajstić information content (AvgIpc) is 2.12. The van der Waals surface area contributed by atoms with Gasteiger partial charge < -0.3 is 8.92 Å². The molecule has 1 aromatic rings. The lowest BCUT2D eigenvalue weighted by Gasteiger charge is -2.24. The van der Waals surface area contributed by atoms with Crippen LogP contribution in [0.15, 0.2) is 29.2 Å². The van der Waals surface area contributed by atoms with E-state index < -0.39 is 0 Å². The Hall–Kier alpha value is -0.510. The Morgan fingerprint density at radius 2 is 2.07 bits per heavy atom. The first-order valence-corrected chi connectivity index (χ1v) is 5.52. The largest absolute Gasteiger partial charge is 0.381 e. The molecule has 0 spiro atoms. The lowest BCUT2D eigenvalue weighted by Crippen LogP contribution is -2.30. The molecule has 0 unspecified atom stereocenters. The minimum atomic E-state index is 0.605. The van der Waals surface area contributed by atoms with Crippen molar-refractivity contribution in [3.8, 4) is 0 Å².